The van der Waals surface area contributed by atoms with Gasteiger partial charge in [0.25, 0.3) is 0 Å². The largest absolute Gasteiger partial charge is 0.507 e. The minimum absolute atomic E-state index is 0.0698. The third-order valence-electron chi connectivity index (χ3n) is 9.05. The maximum Gasteiger partial charge on any atom is 0.303 e. The van der Waals surface area contributed by atoms with Gasteiger partial charge in [0.1, 0.15) is 48.4 Å². The predicted octanol–water partition coefficient (Wildman–Crippen LogP) is 1.92. The van der Waals surface area contributed by atoms with Gasteiger partial charge in [0, 0.05) is 73.1 Å². The monoisotopic (exact) mass is 932 g/mol. The van der Waals surface area contributed by atoms with Gasteiger partial charge < -0.3 is 67.1 Å². The van der Waals surface area contributed by atoms with Crippen LogP contribution in [-0.4, -0.2) is 138 Å². The summed E-state index contributed by atoms with van der Waals surface area (Å²) in [7, 11) is 0. The van der Waals surface area contributed by atoms with Crippen LogP contribution in [0.4, 0.5) is 0 Å². The lowest BCUT2D eigenvalue weighted by molar-refractivity contribution is -0.288. The number of ketones is 1. The number of rotatable bonds is 17. The molecule has 2 N–H and O–H groups in total. The van der Waals surface area contributed by atoms with E-state index in [-0.39, 0.29) is 22.6 Å². The number of carbonyl (C=O) groups excluding carboxylic acids is 9. The number of phenolic OH excluding ortho intramolecular Hbond substituents is 2. The number of ether oxygens (including phenoxy) is 12. The molecule has 0 amide bonds. The van der Waals surface area contributed by atoms with Gasteiger partial charge in [-0.25, -0.2) is 0 Å². The van der Waals surface area contributed by atoms with Gasteiger partial charge in [-0.15, -0.1) is 0 Å². The van der Waals surface area contributed by atoms with Gasteiger partial charge in [0.2, 0.25) is 24.8 Å². The average molecular weight is 933 g/mol. The minimum Gasteiger partial charge on any atom is -0.507 e. The summed E-state index contributed by atoms with van der Waals surface area (Å²) in [6.45, 7) is 7.53. The molecule has 0 aliphatic carbocycles. The van der Waals surface area contributed by atoms with Gasteiger partial charge in [-0.2, -0.15) is 0 Å². The van der Waals surface area contributed by atoms with Crippen LogP contribution in [0.1, 0.15) is 71.3 Å². The van der Waals surface area contributed by atoms with Gasteiger partial charge in [-0.3, -0.25) is 43.2 Å². The van der Waals surface area contributed by atoms with Crippen molar-refractivity contribution < 1.29 is 110 Å². The molecule has 0 aromatic heterocycles. The Morgan fingerprint density at radius 1 is 0.485 bits per heavy atom. The zero-order chi connectivity index (χ0) is 49.0. The van der Waals surface area contributed by atoms with Gasteiger partial charge in [0.15, 0.2) is 30.2 Å². The average Bonchev–Trinajstić information content (AvgIpc) is 3.19. The van der Waals surface area contributed by atoms with E-state index in [1.165, 1.54) is 30.3 Å². The Balaban J connectivity index is 1.56. The Hall–Kier alpha value is -7.27. The van der Waals surface area contributed by atoms with Gasteiger partial charge >= 0.3 is 47.8 Å². The molecule has 2 fully saturated rings. The maximum absolute atomic E-state index is 13.3. The highest BCUT2D eigenvalue weighted by molar-refractivity contribution is 6.08. The van der Waals surface area contributed by atoms with E-state index in [0.29, 0.717) is 0 Å². The molecule has 0 spiro atoms. The third kappa shape index (κ3) is 14.6. The zero-order valence-corrected chi connectivity index (χ0v) is 36.8. The molecule has 23 heteroatoms. The molecule has 10 atom stereocenters. The van der Waals surface area contributed by atoms with Gasteiger partial charge in [-0.05, 0) is 36.4 Å². The van der Waals surface area contributed by atoms with Crippen LogP contribution in [0.5, 0.6) is 23.0 Å². The van der Waals surface area contributed by atoms with Crippen molar-refractivity contribution in [1.29, 1.82) is 0 Å². The quantitative estimate of drug-likeness (QED) is 0.0990. The van der Waals surface area contributed by atoms with E-state index in [1.807, 2.05) is 0 Å². The van der Waals surface area contributed by atoms with Crippen LogP contribution in [-0.2, 0) is 85.7 Å². The van der Waals surface area contributed by atoms with E-state index in [4.69, 9.17) is 56.8 Å². The molecule has 0 saturated carbocycles. The molecule has 2 saturated heterocycles. The fourth-order valence-corrected chi connectivity index (χ4v) is 6.62. The predicted molar refractivity (Wildman–Crippen MR) is 215 cm³/mol. The number of hydrogen-bond donors (Lipinski definition) is 2. The van der Waals surface area contributed by atoms with E-state index >= 15 is 0 Å². The summed E-state index contributed by atoms with van der Waals surface area (Å²) in [5.41, 5.74) is -0.177. The highest BCUT2D eigenvalue weighted by Crippen LogP contribution is 2.35. The van der Waals surface area contributed by atoms with Crippen LogP contribution in [0, 0.1) is 0 Å². The third-order valence-corrected chi connectivity index (χ3v) is 9.05. The smallest absolute Gasteiger partial charge is 0.303 e. The first-order valence-electron chi connectivity index (χ1n) is 19.9. The van der Waals surface area contributed by atoms with Crippen molar-refractivity contribution in [3.63, 3.8) is 0 Å². The lowest BCUT2D eigenvalue weighted by atomic mass is 9.98. The molecular formula is C43H48O23. The van der Waals surface area contributed by atoms with E-state index in [1.54, 1.807) is 0 Å². The molecular weight excluding hydrogens is 884 g/mol. The molecule has 66 heavy (non-hydrogen) atoms. The highest BCUT2D eigenvalue weighted by Gasteiger charge is 2.55. The Bertz CT molecular complexity index is 2200. The number of aromatic hydroxyl groups is 2. The first-order valence-corrected chi connectivity index (χ1v) is 19.9. The van der Waals surface area contributed by atoms with Crippen LogP contribution in [0.25, 0.3) is 6.08 Å². The van der Waals surface area contributed by atoms with Crippen molar-refractivity contribution in [2.45, 2.75) is 117 Å². The number of esters is 8. The van der Waals surface area contributed by atoms with Crippen LogP contribution in [0.3, 0.4) is 0 Å². The number of allylic oxidation sites excluding steroid dienone is 1. The highest BCUT2D eigenvalue weighted by atomic mass is 16.7. The second-order valence-corrected chi connectivity index (χ2v) is 14.5. The standard InChI is InChI=1S/C43H48O23/c1-19(44)55-17-34-36(57-21(3)46)38(59-23(5)48)40(61-25(7)50)42(65-34)63-28-11-9-27(32(53)15-28)10-14-31(52)30-13-12-29(16-33(30)54)64-43-41(62-26(8)51)39(60-24(6)49)37(58-22(4)47)35(66-43)18-56-20(2)45/h9-16,34-43,53-54H,17-18H2,1-8H3/t34-,35-,36-,37-,38+,39+,40-,41-,42?,43?/m1/s1. The zero-order valence-electron chi connectivity index (χ0n) is 36.8. The van der Waals surface area contributed by atoms with Crippen molar-refractivity contribution >= 4 is 59.6 Å². The summed E-state index contributed by atoms with van der Waals surface area (Å²) in [6, 6.07) is 7.20. The lowest BCUT2D eigenvalue weighted by Crippen LogP contribution is -2.63. The first kappa shape index (κ1) is 51.4. The molecule has 2 aromatic carbocycles. The molecule has 358 valence electrons. The summed E-state index contributed by atoms with van der Waals surface area (Å²) < 4.78 is 66.0. The Morgan fingerprint density at radius 3 is 1.21 bits per heavy atom. The first-order chi connectivity index (χ1) is 31.0. The molecule has 23 nitrogen and oxygen atoms in total. The molecule has 2 aromatic rings. The molecule has 2 aliphatic heterocycles. The van der Waals surface area contributed by atoms with Gasteiger partial charge in [0.05, 0.1) is 5.56 Å². The van der Waals surface area contributed by atoms with E-state index in [0.717, 1.165) is 73.6 Å². The van der Waals surface area contributed by atoms with Crippen molar-refractivity contribution in [1.82, 2.24) is 0 Å². The SMILES string of the molecule is CC(=O)OC[C@H]1OC(Oc2ccc(C=CC(=O)c3ccc(OC4O[C@H](COC(C)=O)[C@@H](OC(C)=O)[C@H](OC(C)=O)[C@H]4OC(C)=O)cc3O)c(O)c2)[C@H](OC(C)=O)[C@@H](OC(C)=O)[C@@H]1OC(C)=O. The van der Waals surface area contributed by atoms with Crippen molar-refractivity contribution in [2.24, 2.45) is 0 Å². The number of phenols is 2. The minimum atomic E-state index is -1.63. The van der Waals surface area contributed by atoms with Crippen molar-refractivity contribution in [2.75, 3.05) is 13.2 Å². The maximum atomic E-state index is 13.3. The van der Waals surface area contributed by atoms with Crippen LogP contribution < -0.4 is 9.47 Å². The molecule has 2 unspecified atom stereocenters. The van der Waals surface area contributed by atoms with Gasteiger partial charge in [-0.1, -0.05) is 0 Å². The van der Waals surface area contributed by atoms with Crippen molar-refractivity contribution in [3.8, 4) is 23.0 Å². The van der Waals surface area contributed by atoms with E-state index in [9.17, 15) is 53.4 Å². The summed E-state index contributed by atoms with van der Waals surface area (Å²) in [5, 5.41) is 21.8. The Kier molecular flexibility index (Phi) is 18.0. The summed E-state index contributed by atoms with van der Waals surface area (Å²) in [5.74, 6) is -8.63. The topological polar surface area (TPSA) is 305 Å². The molecule has 0 radical (unpaired) electrons. The Morgan fingerprint density at radius 2 is 0.848 bits per heavy atom. The second-order valence-electron chi connectivity index (χ2n) is 14.5. The second kappa shape index (κ2) is 23.1. The van der Waals surface area contributed by atoms with E-state index in [2.05, 4.69) is 0 Å². The molecule has 0 bridgehead atoms. The fourth-order valence-electron chi connectivity index (χ4n) is 6.62. The molecule has 2 aliphatic rings. The fraction of sp³-hybridized carbons (Fsp3) is 0.465. The number of hydrogen-bond acceptors (Lipinski definition) is 23. The normalized spacial score (nSPS) is 24.7. The summed E-state index contributed by atoms with van der Waals surface area (Å²) >= 11 is 0. The molecule has 4 rings (SSSR count). The van der Waals surface area contributed by atoms with Crippen LogP contribution >= 0.6 is 0 Å². The van der Waals surface area contributed by atoms with Crippen LogP contribution in [0.2, 0.25) is 0 Å². The number of carbonyl (C=O) groups is 9. The lowest BCUT2D eigenvalue weighted by Gasteiger charge is -2.43. The Labute approximate surface area is 376 Å². The van der Waals surface area contributed by atoms with E-state index < -0.39 is 140 Å². The van der Waals surface area contributed by atoms with Crippen LogP contribution in [0.15, 0.2) is 42.5 Å². The van der Waals surface area contributed by atoms with Crippen molar-refractivity contribution in [3.05, 3.63) is 53.6 Å². The summed E-state index contributed by atoms with van der Waals surface area (Å²) in [4.78, 5) is 109. The molecule has 2 heterocycles. The number of benzene rings is 2. The summed E-state index contributed by atoms with van der Waals surface area (Å²) in [6.07, 6.45) is -12.7.